The second kappa shape index (κ2) is 4.13. The molecule has 2 N–H and O–H groups in total. The van der Waals surface area contributed by atoms with Crippen molar-refractivity contribution in [1.29, 1.82) is 0 Å². The van der Waals surface area contributed by atoms with Crippen LogP contribution in [-0.4, -0.2) is 16.3 Å². The van der Waals surface area contributed by atoms with Gasteiger partial charge in [-0.15, -0.1) is 0 Å². The summed E-state index contributed by atoms with van der Waals surface area (Å²) in [5, 5.41) is 4.56. The topological polar surface area (TPSA) is 43.8 Å². The van der Waals surface area contributed by atoms with Gasteiger partial charge >= 0.3 is 0 Å². The first-order valence-electron chi connectivity index (χ1n) is 5.61. The lowest BCUT2D eigenvalue weighted by Gasteiger charge is -2.25. The Morgan fingerprint density at radius 2 is 2.36 bits per heavy atom. The van der Waals surface area contributed by atoms with E-state index in [4.69, 9.17) is 5.73 Å². The zero-order valence-corrected chi connectivity index (χ0v) is 8.87. The molecule has 1 aliphatic rings. The Morgan fingerprint density at radius 3 is 2.86 bits per heavy atom. The first-order valence-corrected chi connectivity index (χ1v) is 5.61. The molecule has 1 aromatic rings. The van der Waals surface area contributed by atoms with Gasteiger partial charge in [0.15, 0.2) is 0 Å². The Labute approximate surface area is 85.3 Å². The third-order valence-corrected chi connectivity index (χ3v) is 3.09. The van der Waals surface area contributed by atoms with E-state index in [1.807, 2.05) is 0 Å². The SMILES string of the molecule is CCn1nc(CCN)cc1C1CCC1. The lowest BCUT2D eigenvalue weighted by Crippen LogP contribution is -2.14. The van der Waals surface area contributed by atoms with E-state index >= 15 is 0 Å². The van der Waals surface area contributed by atoms with Crippen molar-refractivity contribution in [2.45, 2.75) is 45.1 Å². The maximum Gasteiger partial charge on any atom is 0.0640 e. The molecule has 0 spiro atoms. The highest BCUT2D eigenvalue weighted by molar-refractivity contribution is 5.17. The van der Waals surface area contributed by atoms with E-state index in [0.29, 0.717) is 6.54 Å². The molecule has 1 aliphatic carbocycles. The van der Waals surface area contributed by atoms with Gasteiger partial charge in [0.2, 0.25) is 0 Å². The number of rotatable bonds is 4. The summed E-state index contributed by atoms with van der Waals surface area (Å²) in [6.45, 7) is 3.84. The van der Waals surface area contributed by atoms with E-state index in [2.05, 4.69) is 22.8 Å². The van der Waals surface area contributed by atoms with E-state index in [9.17, 15) is 0 Å². The molecular weight excluding hydrogens is 174 g/mol. The molecule has 0 aromatic carbocycles. The van der Waals surface area contributed by atoms with E-state index in [1.54, 1.807) is 0 Å². The van der Waals surface area contributed by atoms with E-state index in [0.717, 1.165) is 24.6 Å². The number of aromatic nitrogens is 2. The maximum absolute atomic E-state index is 5.53. The third kappa shape index (κ3) is 1.69. The van der Waals surface area contributed by atoms with Crippen LogP contribution >= 0.6 is 0 Å². The Morgan fingerprint density at radius 1 is 1.57 bits per heavy atom. The van der Waals surface area contributed by atoms with Crippen molar-refractivity contribution in [1.82, 2.24) is 9.78 Å². The van der Waals surface area contributed by atoms with Gasteiger partial charge in [-0.2, -0.15) is 5.10 Å². The standard InChI is InChI=1S/C11H19N3/c1-2-14-11(9-4-3-5-9)8-10(13-14)6-7-12/h8-9H,2-7,12H2,1H3. The summed E-state index contributed by atoms with van der Waals surface area (Å²) in [6.07, 6.45) is 4.97. The van der Waals surface area contributed by atoms with Crippen LogP contribution in [0.2, 0.25) is 0 Å². The highest BCUT2D eigenvalue weighted by Crippen LogP contribution is 2.36. The predicted octanol–water partition coefficient (Wildman–Crippen LogP) is 1.67. The fraction of sp³-hybridized carbons (Fsp3) is 0.727. The van der Waals surface area contributed by atoms with Crippen LogP contribution in [0.5, 0.6) is 0 Å². The van der Waals surface area contributed by atoms with Gasteiger partial charge in [0.1, 0.15) is 0 Å². The zero-order valence-electron chi connectivity index (χ0n) is 8.87. The molecule has 78 valence electrons. The van der Waals surface area contributed by atoms with Gasteiger partial charge in [0.05, 0.1) is 5.69 Å². The molecule has 3 nitrogen and oxygen atoms in total. The minimum atomic E-state index is 0.699. The van der Waals surface area contributed by atoms with Crippen LogP contribution in [0, 0.1) is 0 Å². The number of nitrogens with two attached hydrogens (primary N) is 1. The molecule has 0 unspecified atom stereocenters. The van der Waals surface area contributed by atoms with Crippen molar-refractivity contribution in [3.63, 3.8) is 0 Å². The fourth-order valence-electron chi connectivity index (χ4n) is 2.04. The van der Waals surface area contributed by atoms with Crippen molar-refractivity contribution in [2.75, 3.05) is 6.54 Å². The number of hydrogen-bond acceptors (Lipinski definition) is 2. The van der Waals surface area contributed by atoms with Gasteiger partial charge in [-0.1, -0.05) is 6.42 Å². The van der Waals surface area contributed by atoms with Crippen molar-refractivity contribution in [3.8, 4) is 0 Å². The number of nitrogens with zero attached hydrogens (tertiary/aromatic N) is 2. The first kappa shape index (κ1) is 9.71. The third-order valence-electron chi connectivity index (χ3n) is 3.09. The minimum absolute atomic E-state index is 0.699. The summed E-state index contributed by atoms with van der Waals surface area (Å²) in [5.41, 5.74) is 8.13. The van der Waals surface area contributed by atoms with Crippen LogP contribution in [0.15, 0.2) is 6.07 Å². The van der Waals surface area contributed by atoms with E-state index in [-0.39, 0.29) is 0 Å². The normalized spacial score (nSPS) is 17.0. The molecule has 1 fully saturated rings. The summed E-state index contributed by atoms with van der Waals surface area (Å²) in [7, 11) is 0. The highest BCUT2D eigenvalue weighted by Gasteiger charge is 2.23. The molecule has 0 aliphatic heterocycles. The summed E-state index contributed by atoms with van der Waals surface area (Å²) >= 11 is 0. The molecule has 1 saturated carbocycles. The quantitative estimate of drug-likeness (QED) is 0.790. The van der Waals surface area contributed by atoms with Crippen LogP contribution in [0.25, 0.3) is 0 Å². The van der Waals surface area contributed by atoms with Crippen LogP contribution in [0.1, 0.15) is 43.5 Å². The predicted molar refractivity (Wildman–Crippen MR) is 57.3 cm³/mol. The fourth-order valence-corrected chi connectivity index (χ4v) is 2.04. The molecule has 0 saturated heterocycles. The molecule has 14 heavy (non-hydrogen) atoms. The summed E-state index contributed by atoms with van der Waals surface area (Å²) in [6, 6.07) is 2.25. The average molecular weight is 193 g/mol. The lowest BCUT2D eigenvalue weighted by molar-refractivity contribution is 0.390. The van der Waals surface area contributed by atoms with Gasteiger partial charge in [0.25, 0.3) is 0 Å². The highest BCUT2D eigenvalue weighted by atomic mass is 15.3. The van der Waals surface area contributed by atoms with E-state index in [1.165, 1.54) is 25.0 Å². The second-order valence-electron chi connectivity index (χ2n) is 4.04. The Balaban J connectivity index is 2.18. The lowest BCUT2D eigenvalue weighted by atomic mass is 9.83. The van der Waals surface area contributed by atoms with Crippen molar-refractivity contribution in [3.05, 3.63) is 17.5 Å². The molecule has 0 bridgehead atoms. The molecule has 3 heteroatoms. The van der Waals surface area contributed by atoms with Crippen LogP contribution in [-0.2, 0) is 13.0 Å². The average Bonchev–Trinajstić information content (AvgIpc) is 2.46. The Hall–Kier alpha value is -0.830. The van der Waals surface area contributed by atoms with Gasteiger partial charge in [0, 0.05) is 24.6 Å². The van der Waals surface area contributed by atoms with Gasteiger partial charge in [-0.05, 0) is 32.4 Å². The van der Waals surface area contributed by atoms with Gasteiger partial charge in [-0.25, -0.2) is 0 Å². The monoisotopic (exact) mass is 193 g/mol. The van der Waals surface area contributed by atoms with Crippen molar-refractivity contribution >= 4 is 0 Å². The van der Waals surface area contributed by atoms with Gasteiger partial charge < -0.3 is 5.73 Å². The minimum Gasteiger partial charge on any atom is -0.330 e. The molecule has 1 heterocycles. The molecule has 0 amide bonds. The largest absolute Gasteiger partial charge is 0.330 e. The molecule has 1 aromatic heterocycles. The van der Waals surface area contributed by atoms with Crippen LogP contribution in [0.4, 0.5) is 0 Å². The summed E-state index contributed by atoms with van der Waals surface area (Å²) in [4.78, 5) is 0. The Bertz CT molecular complexity index is 299. The smallest absolute Gasteiger partial charge is 0.0640 e. The molecule has 0 radical (unpaired) electrons. The summed E-state index contributed by atoms with van der Waals surface area (Å²) in [5.74, 6) is 0.772. The number of hydrogen-bond donors (Lipinski definition) is 1. The van der Waals surface area contributed by atoms with Gasteiger partial charge in [-0.3, -0.25) is 4.68 Å². The molecule has 2 rings (SSSR count). The number of aryl methyl sites for hydroxylation is 1. The van der Waals surface area contributed by atoms with E-state index < -0.39 is 0 Å². The van der Waals surface area contributed by atoms with Crippen LogP contribution < -0.4 is 5.73 Å². The zero-order chi connectivity index (χ0) is 9.97. The maximum atomic E-state index is 5.53. The first-order chi connectivity index (χ1) is 6.85. The summed E-state index contributed by atoms with van der Waals surface area (Å²) < 4.78 is 2.15. The Kier molecular flexibility index (Phi) is 2.87. The second-order valence-corrected chi connectivity index (χ2v) is 4.04. The van der Waals surface area contributed by atoms with Crippen molar-refractivity contribution in [2.24, 2.45) is 5.73 Å². The van der Waals surface area contributed by atoms with Crippen LogP contribution in [0.3, 0.4) is 0 Å². The van der Waals surface area contributed by atoms with Crippen molar-refractivity contribution < 1.29 is 0 Å². The molecular formula is C11H19N3. The molecule has 0 atom stereocenters.